The van der Waals surface area contributed by atoms with Crippen LogP contribution in [0.4, 0.5) is 24.5 Å². The van der Waals surface area contributed by atoms with Gasteiger partial charge in [-0.2, -0.15) is 5.26 Å². The van der Waals surface area contributed by atoms with Crippen LogP contribution in [0.3, 0.4) is 0 Å². The molecule has 2 aromatic rings. The smallest absolute Gasteiger partial charge is 0.293 e. The Morgan fingerprint density at radius 2 is 1.89 bits per heavy atom. The topological polar surface area (TPSA) is 70.2 Å². The van der Waals surface area contributed by atoms with Gasteiger partial charge in [-0.1, -0.05) is 6.07 Å². The monoisotopic (exact) mass is 375 g/mol. The SMILES string of the molecule is N#Cc1ccc(N2CCC([C@@H](F)c3ccc(F)cc3F)CC2)c([N+](=O)[O-])c1. The van der Waals surface area contributed by atoms with Gasteiger partial charge in [0.2, 0.25) is 0 Å². The lowest BCUT2D eigenvalue weighted by atomic mass is 9.88. The first-order valence-corrected chi connectivity index (χ1v) is 8.43. The lowest BCUT2D eigenvalue weighted by Crippen LogP contribution is -2.35. The molecule has 1 aliphatic rings. The van der Waals surface area contributed by atoms with Crippen LogP contribution in [0.25, 0.3) is 0 Å². The number of nitriles is 1. The first-order chi connectivity index (χ1) is 12.9. The molecular formula is C19H16F3N3O2. The lowest BCUT2D eigenvalue weighted by molar-refractivity contribution is -0.384. The normalized spacial score (nSPS) is 16.0. The van der Waals surface area contributed by atoms with E-state index in [-0.39, 0.29) is 16.8 Å². The summed E-state index contributed by atoms with van der Waals surface area (Å²) >= 11 is 0. The van der Waals surface area contributed by atoms with Crippen LogP contribution in [-0.4, -0.2) is 18.0 Å². The lowest BCUT2D eigenvalue weighted by Gasteiger charge is -2.34. The first kappa shape index (κ1) is 18.7. The number of hydrogen-bond donors (Lipinski definition) is 0. The molecule has 0 saturated carbocycles. The summed E-state index contributed by atoms with van der Waals surface area (Å²) in [6, 6.07) is 8.91. The average molecular weight is 375 g/mol. The zero-order valence-electron chi connectivity index (χ0n) is 14.2. The summed E-state index contributed by atoms with van der Waals surface area (Å²) in [6.07, 6.45) is -0.826. The summed E-state index contributed by atoms with van der Waals surface area (Å²) in [4.78, 5) is 12.5. The maximum absolute atomic E-state index is 14.7. The van der Waals surface area contributed by atoms with Gasteiger partial charge in [0.15, 0.2) is 0 Å². The van der Waals surface area contributed by atoms with Crippen LogP contribution in [0, 0.1) is 39.0 Å². The third-order valence-electron chi connectivity index (χ3n) is 4.85. The molecule has 0 aliphatic carbocycles. The van der Waals surface area contributed by atoms with Gasteiger partial charge in [-0.15, -0.1) is 0 Å². The summed E-state index contributed by atoms with van der Waals surface area (Å²) in [5.41, 5.74) is 0.227. The van der Waals surface area contributed by atoms with Crippen LogP contribution >= 0.6 is 0 Å². The van der Waals surface area contributed by atoms with Crippen molar-refractivity contribution in [1.29, 1.82) is 5.26 Å². The van der Waals surface area contributed by atoms with Crippen molar-refractivity contribution < 1.29 is 18.1 Å². The van der Waals surface area contributed by atoms with E-state index >= 15 is 0 Å². The van der Waals surface area contributed by atoms with Crippen LogP contribution in [0.1, 0.15) is 30.1 Å². The number of piperidine rings is 1. The van der Waals surface area contributed by atoms with Gasteiger partial charge in [-0.25, -0.2) is 13.2 Å². The van der Waals surface area contributed by atoms with Crippen molar-refractivity contribution in [1.82, 2.24) is 0 Å². The van der Waals surface area contributed by atoms with Crippen molar-refractivity contribution >= 4 is 11.4 Å². The summed E-state index contributed by atoms with van der Waals surface area (Å²) in [6.45, 7) is 0.723. The number of halogens is 3. The van der Waals surface area contributed by atoms with E-state index in [0.717, 1.165) is 12.1 Å². The molecule has 0 radical (unpaired) electrons. The fourth-order valence-corrected chi connectivity index (χ4v) is 3.42. The molecule has 0 bridgehead atoms. The standard InChI is InChI=1S/C19H16F3N3O2/c20-14-2-3-15(16(21)10-14)19(22)13-5-7-24(8-6-13)17-4-1-12(11-23)9-18(17)25(26)27/h1-4,9-10,13,19H,5-8H2/t19-/m1/s1. The zero-order chi connectivity index (χ0) is 19.6. The van der Waals surface area contributed by atoms with Crippen molar-refractivity contribution in [2.45, 2.75) is 19.0 Å². The van der Waals surface area contributed by atoms with Crippen molar-refractivity contribution in [2.24, 2.45) is 5.92 Å². The molecular weight excluding hydrogens is 359 g/mol. The number of alkyl halides is 1. The minimum atomic E-state index is -1.57. The predicted octanol–water partition coefficient (Wildman–Crippen LogP) is 4.67. The molecule has 0 unspecified atom stereocenters. The van der Waals surface area contributed by atoms with E-state index in [9.17, 15) is 23.3 Å². The molecule has 0 spiro atoms. The molecule has 8 heteroatoms. The Kier molecular flexibility index (Phi) is 5.31. The van der Waals surface area contributed by atoms with E-state index < -0.39 is 28.6 Å². The maximum Gasteiger partial charge on any atom is 0.293 e. The van der Waals surface area contributed by atoms with Crippen LogP contribution in [0.2, 0.25) is 0 Å². The highest BCUT2D eigenvalue weighted by molar-refractivity contribution is 5.65. The average Bonchev–Trinajstić information content (AvgIpc) is 2.67. The third kappa shape index (κ3) is 3.87. The van der Waals surface area contributed by atoms with Gasteiger partial charge in [0.25, 0.3) is 5.69 Å². The molecule has 0 N–H and O–H groups in total. The second-order valence-corrected chi connectivity index (χ2v) is 6.46. The van der Waals surface area contributed by atoms with Crippen molar-refractivity contribution in [3.63, 3.8) is 0 Å². The molecule has 27 heavy (non-hydrogen) atoms. The predicted molar refractivity (Wildman–Crippen MR) is 93.0 cm³/mol. The van der Waals surface area contributed by atoms with E-state index in [1.807, 2.05) is 6.07 Å². The molecule has 0 aromatic heterocycles. The van der Waals surface area contributed by atoms with Gasteiger partial charge >= 0.3 is 0 Å². The molecule has 140 valence electrons. The summed E-state index contributed by atoms with van der Waals surface area (Å²) in [7, 11) is 0. The Morgan fingerprint density at radius 1 is 1.19 bits per heavy atom. The van der Waals surface area contributed by atoms with Gasteiger partial charge in [0.05, 0.1) is 16.6 Å². The van der Waals surface area contributed by atoms with Crippen LogP contribution in [0.15, 0.2) is 36.4 Å². The molecule has 2 aromatic carbocycles. The number of hydrogen-bond acceptors (Lipinski definition) is 4. The highest BCUT2D eigenvalue weighted by Crippen LogP contribution is 2.38. The van der Waals surface area contributed by atoms with Gasteiger partial charge < -0.3 is 4.90 Å². The van der Waals surface area contributed by atoms with Crippen LogP contribution in [-0.2, 0) is 0 Å². The number of nitro groups is 1. The third-order valence-corrected chi connectivity index (χ3v) is 4.85. The summed E-state index contributed by atoms with van der Waals surface area (Å²) in [5.74, 6) is -2.13. The highest BCUT2D eigenvalue weighted by atomic mass is 19.1. The number of rotatable bonds is 4. The molecule has 1 aliphatic heterocycles. The van der Waals surface area contributed by atoms with E-state index in [0.29, 0.717) is 37.7 Å². The maximum atomic E-state index is 14.7. The first-order valence-electron chi connectivity index (χ1n) is 8.43. The fraction of sp³-hybridized carbons (Fsp3) is 0.316. The number of nitrogens with zero attached hydrogens (tertiary/aromatic N) is 3. The molecule has 1 heterocycles. The largest absolute Gasteiger partial charge is 0.366 e. The zero-order valence-corrected chi connectivity index (χ0v) is 14.2. The Hall–Kier alpha value is -3.08. The highest BCUT2D eigenvalue weighted by Gasteiger charge is 2.31. The molecule has 1 atom stereocenters. The van der Waals surface area contributed by atoms with Gasteiger partial charge in [-0.05, 0) is 37.0 Å². The number of anilines is 1. The summed E-state index contributed by atoms with van der Waals surface area (Å²) < 4.78 is 41.5. The second-order valence-electron chi connectivity index (χ2n) is 6.46. The van der Waals surface area contributed by atoms with Crippen molar-refractivity contribution in [3.8, 4) is 6.07 Å². The molecule has 5 nitrogen and oxygen atoms in total. The Balaban J connectivity index is 1.74. The van der Waals surface area contributed by atoms with Gasteiger partial charge in [0.1, 0.15) is 23.5 Å². The molecule has 0 amide bonds. The minimum Gasteiger partial charge on any atom is -0.366 e. The van der Waals surface area contributed by atoms with Gasteiger partial charge in [0, 0.05) is 30.8 Å². The van der Waals surface area contributed by atoms with Crippen molar-refractivity contribution in [3.05, 3.63) is 69.3 Å². The molecule has 3 rings (SSSR count). The second kappa shape index (κ2) is 7.66. The van der Waals surface area contributed by atoms with E-state index in [2.05, 4.69) is 0 Å². The Bertz CT molecular complexity index is 906. The van der Waals surface area contributed by atoms with Crippen molar-refractivity contribution in [2.75, 3.05) is 18.0 Å². The fourth-order valence-electron chi connectivity index (χ4n) is 3.42. The van der Waals surface area contributed by atoms with Gasteiger partial charge in [-0.3, -0.25) is 10.1 Å². The quantitative estimate of drug-likeness (QED) is 0.575. The van der Waals surface area contributed by atoms with E-state index in [1.165, 1.54) is 18.2 Å². The van der Waals surface area contributed by atoms with Crippen LogP contribution < -0.4 is 4.90 Å². The van der Waals surface area contributed by atoms with E-state index in [4.69, 9.17) is 5.26 Å². The van der Waals surface area contributed by atoms with Crippen LogP contribution in [0.5, 0.6) is 0 Å². The number of nitro benzene ring substituents is 1. The molecule has 1 fully saturated rings. The van der Waals surface area contributed by atoms with E-state index in [1.54, 1.807) is 4.90 Å². The summed E-state index contributed by atoms with van der Waals surface area (Å²) in [5, 5.41) is 20.2. The number of benzene rings is 2. The molecule has 1 saturated heterocycles. The Morgan fingerprint density at radius 3 is 2.48 bits per heavy atom. The Labute approximate surface area is 153 Å². The minimum absolute atomic E-state index is 0.167.